The van der Waals surface area contributed by atoms with E-state index in [1.54, 1.807) is 32.9 Å². The van der Waals surface area contributed by atoms with E-state index in [2.05, 4.69) is 10.3 Å². The number of aryl methyl sites for hydroxylation is 1. The van der Waals surface area contributed by atoms with Gasteiger partial charge in [-0.3, -0.25) is 10.1 Å². The zero-order valence-electron chi connectivity index (χ0n) is 14.7. The average molecular weight is 396 g/mol. The summed E-state index contributed by atoms with van der Waals surface area (Å²) in [5, 5.41) is 2.77. The van der Waals surface area contributed by atoms with E-state index in [-0.39, 0.29) is 28.0 Å². The molecule has 26 heavy (non-hydrogen) atoms. The lowest BCUT2D eigenvalue weighted by molar-refractivity contribution is 0.0531. The number of carbonyl (C=O) groups excluding carboxylic acids is 2. The summed E-state index contributed by atoms with van der Waals surface area (Å²) in [6, 6.07) is 6.03. The number of benzene rings is 1. The molecule has 0 aliphatic carbocycles. The summed E-state index contributed by atoms with van der Waals surface area (Å²) in [6.45, 7) is 5.33. The van der Waals surface area contributed by atoms with Crippen molar-refractivity contribution in [2.45, 2.75) is 32.1 Å². The lowest BCUT2D eigenvalue weighted by Gasteiger charge is -2.09. The van der Waals surface area contributed by atoms with Crippen molar-refractivity contribution in [2.24, 2.45) is 0 Å². The minimum Gasteiger partial charge on any atom is -0.462 e. The van der Waals surface area contributed by atoms with Crippen LogP contribution in [0.5, 0.6) is 0 Å². The Morgan fingerprint density at radius 1 is 1.23 bits per heavy atom. The van der Waals surface area contributed by atoms with Gasteiger partial charge in [0.15, 0.2) is 15.0 Å². The summed E-state index contributed by atoms with van der Waals surface area (Å²) in [4.78, 5) is 28.9. The molecular formula is C17H20N2O5S2. The number of aromatic nitrogens is 1. The van der Waals surface area contributed by atoms with Crippen LogP contribution >= 0.6 is 11.3 Å². The number of hydrogen-bond acceptors (Lipinski definition) is 7. The van der Waals surface area contributed by atoms with Crippen LogP contribution in [0.2, 0.25) is 0 Å². The van der Waals surface area contributed by atoms with Gasteiger partial charge in [-0.05, 0) is 32.4 Å². The van der Waals surface area contributed by atoms with E-state index in [4.69, 9.17) is 4.74 Å². The number of hydrogen-bond donors (Lipinski definition) is 1. The van der Waals surface area contributed by atoms with Crippen molar-refractivity contribution in [1.82, 2.24) is 4.98 Å². The van der Waals surface area contributed by atoms with Crippen molar-refractivity contribution in [3.8, 4) is 0 Å². The van der Waals surface area contributed by atoms with Gasteiger partial charge < -0.3 is 4.74 Å². The molecule has 2 aromatic rings. The largest absolute Gasteiger partial charge is 0.462 e. The van der Waals surface area contributed by atoms with Gasteiger partial charge in [0.05, 0.1) is 28.5 Å². The van der Waals surface area contributed by atoms with Crippen molar-refractivity contribution < 1.29 is 22.7 Å². The highest BCUT2D eigenvalue weighted by Crippen LogP contribution is 2.25. The first-order chi connectivity index (χ1) is 12.3. The van der Waals surface area contributed by atoms with Crippen molar-refractivity contribution >= 4 is 38.2 Å². The van der Waals surface area contributed by atoms with Crippen molar-refractivity contribution in [2.75, 3.05) is 17.7 Å². The molecule has 0 atom stereocenters. The number of ether oxygens (including phenoxy) is 1. The Kier molecular flexibility index (Phi) is 6.49. The fourth-order valence-electron chi connectivity index (χ4n) is 2.30. The van der Waals surface area contributed by atoms with Crippen LogP contribution in [0.15, 0.2) is 29.2 Å². The van der Waals surface area contributed by atoms with Gasteiger partial charge in [-0.15, -0.1) is 0 Å². The number of sulfone groups is 1. The minimum atomic E-state index is -3.55. The van der Waals surface area contributed by atoms with Crippen LogP contribution in [0, 0.1) is 6.92 Å². The first-order valence-corrected chi connectivity index (χ1v) is 10.5. The van der Waals surface area contributed by atoms with E-state index in [0.29, 0.717) is 17.0 Å². The maximum absolute atomic E-state index is 12.6. The van der Waals surface area contributed by atoms with E-state index in [9.17, 15) is 18.0 Å². The summed E-state index contributed by atoms with van der Waals surface area (Å²) in [5.74, 6) is -1.14. The second-order valence-electron chi connectivity index (χ2n) is 5.42. The Morgan fingerprint density at radius 2 is 1.92 bits per heavy atom. The van der Waals surface area contributed by atoms with Gasteiger partial charge in [0.25, 0.3) is 5.91 Å². The summed E-state index contributed by atoms with van der Waals surface area (Å²) in [7, 11) is -3.55. The maximum atomic E-state index is 12.6. The second kappa shape index (κ2) is 8.41. The first-order valence-electron chi connectivity index (χ1n) is 8.07. The van der Waals surface area contributed by atoms with E-state index in [0.717, 1.165) is 11.3 Å². The predicted molar refractivity (Wildman–Crippen MR) is 99.5 cm³/mol. The van der Waals surface area contributed by atoms with E-state index in [1.165, 1.54) is 12.1 Å². The number of amides is 1. The van der Waals surface area contributed by atoms with Gasteiger partial charge in [0, 0.05) is 0 Å². The molecule has 1 N–H and O–H groups in total. The molecule has 0 saturated carbocycles. The number of anilines is 1. The Morgan fingerprint density at radius 3 is 2.58 bits per heavy atom. The van der Waals surface area contributed by atoms with Gasteiger partial charge in [-0.1, -0.05) is 30.4 Å². The molecular weight excluding hydrogens is 376 g/mol. The van der Waals surface area contributed by atoms with Crippen LogP contribution in [0.3, 0.4) is 0 Å². The quantitative estimate of drug-likeness (QED) is 0.722. The van der Waals surface area contributed by atoms with Gasteiger partial charge >= 0.3 is 5.97 Å². The van der Waals surface area contributed by atoms with E-state index < -0.39 is 21.7 Å². The molecule has 0 radical (unpaired) electrons. The molecule has 1 heterocycles. The molecule has 9 heteroatoms. The Bertz CT molecular complexity index is 919. The molecule has 1 aromatic carbocycles. The zero-order chi connectivity index (χ0) is 19.3. The SMILES string of the molecule is CCCS(=O)(=O)c1ccccc1C(=O)Nc1nc(C)c(C(=O)OCC)s1. The van der Waals surface area contributed by atoms with Crippen molar-refractivity contribution in [1.29, 1.82) is 0 Å². The predicted octanol–water partition coefficient (Wildman–Crippen LogP) is 3.06. The highest BCUT2D eigenvalue weighted by atomic mass is 32.2. The summed E-state index contributed by atoms with van der Waals surface area (Å²) >= 11 is 0.987. The molecule has 0 bridgehead atoms. The molecule has 2 rings (SSSR count). The number of rotatable bonds is 7. The van der Waals surface area contributed by atoms with Crippen LogP contribution in [-0.2, 0) is 14.6 Å². The molecule has 0 unspecified atom stereocenters. The molecule has 140 valence electrons. The maximum Gasteiger partial charge on any atom is 0.350 e. The minimum absolute atomic E-state index is 0.0155. The summed E-state index contributed by atoms with van der Waals surface area (Å²) in [5.41, 5.74) is 0.488. The Hall–Kier alpha value is -2.26. The average Bonchev–Trinajstić information content (AvgIpc) is 2.95. The summed E-state index contributed by atoms with van der Waals surface area (Å²) < 4.78 is 29.7. The van der Waals surface area contributed by atoms with Crippen LogP contribution < -0.4 is 5.32 Å². The number of carbonyl (C=O) groups is 2. The third-order valence-electron chi connectivity index (χ3n) is 3.42. The number of nitrogens with zero attached hydrogens (tertiary/aromatic N) is 1. The Balaban J connectivity index is 2.30. The monoisotopic (exact) mass is 396 g/mol. The fourth-order valence-corrected chi connectivity index (χ4v) is 4.70. The standard InChI is InChI=1S/C17H20N2O5S2/c1-4-10-26(22,23)13-9-7-6-8-12(13)15(20)19-17-18-11(3)14(25-17)16(21)24-5-2/h6-9H,4-5,10H2,1-3H3,(H,18,19,20). The molecule has 0 fully saturated rings. The zero-order valence-corrected chi connectivity index (χ0v) is 16.4. The molecule has 7 nitrogen and oxygen atoms in total. The van der Waals surface area contributed by atoms with Crippen LogP contribution in [-0.4, -0.2) is 37.6 Å². The molecule has 1 aromatic heterocycles. The smallest absolute Gasteiger partial charge is 0.350 e. The lowest BCUT2D eigenvalue weighted by Crippen LogP contribution is -2.17. The topological polar surface area (TPSA) is 102 Å². The first kappa shape index (κ1) is 20.1. The van der Waals surface area contributed by atoms with Crippen LogP contribution in [0.1, 0.15) is 46.0 Å². The number of thiazole rings is 1. The van der Waals surface area contributed by atoms with Crippen molar-refractivity contribution in [3.05, 3.63) is 40.4 Å². The molecule has 0 aliphatic rings. The van der Waals surface area contributed by atoms with Gasteiger partial charge in [0.1, 0.15) is 4.88 Å². The highest BCUT2D eigenvalue weighted by Gasteiger charge is 2.23. The Labute approximate surface area is 156 Å². The van der Waals surface area contributed by atoms with Gasteiger partial charge in [-0.25, -0.2) is 18.2 Å². The van der Waals surface area contributed by atoms with Gasteiger partial charge in [0.2, 0.25) is 0 Å². The van der Waals surface area contributed by atoms with Gasteiger partial charge in [-0.2, -0.15) is 0 Å². The summed E-state index contributed by atoms with van der Waals surface area (Å²) in [6.07, 6.45) is 0.451. The molecule has 1 amide bonds. The third kappa shape index (κ3) is 4.47. The fraction of sp³-hybridized carbons (Fsp3) is 0.353. The lowest BCUT2D eigenvalue weighted by atomic mass is 10.2. The number of esters is 1. The molecule has 0 saturated heterocycles. The number of nitrogens with one attached hydrogen (secondary N) is 1. The highest BCUT2D eigenvalue weighted by molar-refractivity contribution is 7.91. The molecule has 0 aliphatic heterocycles. The normalized spacial score (nSPS) is 11.2. The third-order valence-corrected chi connectivity index (χ3v) is 6.44. The van der Waals surface area contributed by atoms with E-state index in [1.807, 2.05) is 0 Å². The van der Waals surface area contributed by atoms with Crippen LogP contribution in [0.4, 0.5) is 5.13 Å². The van der Waals surface area contributed by atoms with Crippen molar-refractivity contribution in [3.63, 3.8) is 0 Å². The van der Waals surface area contributed by atoms with E-state index >= 15 is 0 Å². The second-order valence-corrected chi connectivity index (χ2v) is 8.50. The molecule has 0 spiro atoms. The van der Waals surface area contributed by atoms with Crippen LogP contribution in [0.25, 0.3) is 0 Å².